The predicted molar refractivity (Wildman–Crippen MR) is 52.9 cm³/mol. The molecule has 14 heavy (non-hydrogen) atoms. The minimum atomic E-state index is -0.0909. The van der Waals surface area contributed by atoms with Gasteiger partial charge in [-0.2, -0.15) is 0 Å². The van der Waals surface area contributed by atoms with Crippen molar-refractivity contribution in [3.63, 3.8) is 0 Å². The van der Waals surface area contributed by atoms with Crippen LogP contribution in [0.25, 0.3) is 0 Å². The molecule has 0 spiro atoms. The molecule has 0 aromatic heterocycles. The van der Waals surface area contributed by atoms with Crippen LogP contribution in [0.4, 0.5) is 0 Å². The Labute approximate surface area is 85.0 Å². The van der Waals surface area contributed by atoms with Crippen LogP contribution in [0.2, 0.25) is 0 Å². The normalized spacial score (nSPS) is 59.4. The summed E-state index contributed by atoms with van der Waals surface area (Å²) in [5.41, 5.74) is 0.536. The van der Waals surface area contributed by atoms with Crippen LogP contribution < -0.4 is 0 Å². The van der Waals surface area contributed by atoms with Gasteiger partial charge in [0.25, 0.3) is 0 Å². The fraction of sp³-hybridized carbons (Fsp3) is 0.917. The van der Waals surface area contributed by atoms with Crippen LogP contribution in [0.15, 0.2) is 0 Å². The topological polar surface area (TPSA) is 26.3 Å². The summed E-state index contributed by atoms with van der Waals surface area (Å²) in [4.78, 5) is 10.8. The molecule has 1 heterocycles. The van der Waals surface area contributed by atoms with E-state index in [1.165, 1.54) is 12.8 Å². The lowest BCUT2D eigenvalue weighted by molar-refractivity contribution is -0.123. The van der Waals surface area contributed by atoms with Crippen LogP contribution in [0.3, 0.4) is 0 Å². The van der Waals surface area contributed by atoms with Crippen molar-refractivity contribution in [3.8, 4) is 0 Å². The Morgan fingerprint density at radius 1 is 1.50 bits per heavy atom. The second-order valence-corrected chi connectivity index (χ2v) is 5.84. The molecule has 2 nitrogen and oxygen atoms in total. The summed E-state index contributed by atoms with van der Waals surface area (Å²) in [6, 6.07) is 0. The number of hydrogen-bond acceptors (Lipinski definition) is 2. The summed E-state index contributed by atoms with van der Waals surface area (Å²) >= 11 is 0. The summed E-state index contributed by atoms with van der Waals surface area (Å²) in [7, 11) is 0. The van der Waals surface area contributed by atoms with Crippen molar-refractivity contribution < 1.29 is 9.53 Å². The largest absolute Gasteiger partial charge is 0.373 e. The number of hydrogen-bond donors (Lipinski definition) is 0. The van der Waals surface area contributed by atoms with Gasteiger partial charge in [0.1, 0.15) is 6.29 Å². The second kappa shape index (κ2) is 2.24. The third kappa shape index (κ3) is 0.631. The third-order valence-electron chi connectivity index (χ3n) is 5.80. The first-order valence-electron chi connectivity index (χ1n) is 5.66. The quantitative estimate of drug-likeness (QED) is 0.630. The molecule has 3 aliphatic rings. The predicted octanol–water partition coefficient (Wildman–Crippen LogP) is 2.17. The van der Waals surface area contributed by atoms with Crippen LogP contribution in [-0.2, 0) is 9.53 Å². The highest BCUT2D eigenvalue weighted by molar-refractivity contribution is 5.53. The lowest BCUT2D eigenvalue weighted by Crippen LogP contribution is -2.43. The van der Waals surface area contributed by atoms with Gasteiger partial charge in [-0.1, -0.05) is 13.8 Å². The van der Waals surface area contributed by atoms with E-state index in [9.17, 15) is 4.79 Å². The average Bonchev–Trinajstić information content (AvgIpc) is 2.59. The van der Waals surface area contributed by atoms with Gasteiger partial charge in [-0.25, -0.2) is 0 Å². The zero-order valence-electron chi connectivity index (χ0n) is 9.01. The van der Waals surface area contributed by atoms with Crippen molar-refractivity contribution in [1.29, 1.82) is 0 Å². The molecule has 4 atom stereocenters. The summed E-state index contributed by atoms with van der Waals surface area (Å²) in [6.45, 7) is 5.59. The molecular formula is C12H18O2. The summed E-state index contributed by atoms with van der Waals surface area (Å²) < 4.78 is 5.99. The van der Waals surface area contributed by atoms with Gasteiger partial charge in [-0.15, -0.1) is 0 Å². The smallest absolute Gasteiger partial charge is 0.122 e. The van der Waals surface area contributed by atoms with Gasteiger partial charge in [-0.3, -0.25) is 0 Å². The maximum Gasteiger partial charge on any atom is 0.122 e. The standard InChI is InChI=1S/C12H18O2/c1-10-8-14-12(5-6-13)7-9(10)3-4-11(10,12)2/h6,9H,3-5,7-8H2,1-2H3/t9-,10+,11-,12-/m1/s1. The molecule has 4 bridgehead atoms. The zero-order valence-corrected chi connectivity index (χ0v) is 9.01. The number of carbonyl (C=O) groups excluding carboxylic acids is 1. The van der Waals surface area contributed by atoms with Gasteiger partial charge in [0.15, 0.2) is 0 Å². The van der Waals surface area contributed by atoms with Gasteiger partial charge >= 0.3 is 0 Å². The Balaban J connectivity index is 2.09. The maximum atomic E-state index is 10.8. The molecule has 1 aliphatic heterocycles. The molecular weight excluding hydrogens is 176 g/mol. The molecule has 1 saturated heterocycles. The minimum absolute atomic E-state index is 0.0909. The lowest BCUT2D eigenvalue weighted by atomic mass is 9.65. The van der Waals surface area contributed by atoms with Crippen LogP contribution >= 0.6 is 0 Å². The molecule has 0 aromatic rings. The lowest BCUT2D eigenvalue weighted by Gasteiger charge is -2.40. The highest BCUT2D eigenvalue weighted by atomic mass is 16.5. The number of carbonyl (C=O) groups is 1. The second-order valence-electron chi connectivity index (χ2n) is 5.84. The summed E-state index contributed by atoms with van der Waals surface area (Å²) in [6.07, 6.45) is 5.38. The van der Waals surface area contributed by atoms with Crippen molar-refractivity contribution in [2.24, 2.45) is 16.7 Å². The molecule has 0 amide bonds. The Morgan fingerprint density at radius 2 is 2.29 bits per heavy atom. The minimum Gasteiger partial charge on any atom is -0.373 e. The SMILES string of the molecule is C[C@]12CC[C@@H]3C[C@@]1(CC=O)OC[C@@]32C. The van der Waals surface area contributed by atoms with Crippen LogP contribution in [0.5, 0.6) is 0 Å². The van der Waals surface area contributed by atoms with Gasteiger partial charge in [0.2, 0.25) is 0 Å². The molecule has 0 unspecified atom stereocenters. The number of rotatable bonds is 2. The molecule has 3 rings (SSSR count). The first kappa shape index (κ1) is 8.90. The molecule has 3 fully saturated rings. The first-order chi connectivity index (χ1) is 6.58. The van der Waals surface area contributed by atoms with E-state index >= 15 is 0 Å². The monoisotopic (exact) mass is 194 g/mol. The fourth-order valence-electron chi connectivity index (χ4n) is 4.50. The van der Waals surface area contributed by atoms with E-state index in [0.29, 0.717) is 11.8 Å². The van der Waals surface area contributed by atoms with Gasteiger partial charge in [0, 0.05) is 17.3 Å². The number of ether oxygens (including phenoxy) is 1. The molecule has 2 aliphatic carbocycles. The van der Waals surface area contributed by atoms with E-state index < -0.39 is 0 Å². The van der Waals surface area contributed by atoms with Crippen LogP contribution in [0.1, 0.15) is 39.5 Å². The van der Waals surface area contributed by atoms with E-state index in [2.05, 4.69) is 13.8 Å². The molecule has 0 N–H and O–H groups in total. The Bertz CT molecular complexity index is 301. The molecule has 2 heteroatoms. The van der Waals surface area contributed by atoms with Crippen molar-refractivity contribution >= 4 is 6.29 Å². The van der Waals surface area contributed by atoms with Gasteiger partial charge < -0.3 is 9.53 Å². The van der Waals surface area contributed by atoms with E-state index in [1.807, 2.05) is 0 Å². The average molecular weight is 194 g/mol. The van der Waals surface area contributed by atoms with Gasteiger partial charge in [-0.05, 0) is 25.2 Å². The van der Waals surface area contributed by atoms with Crippen LogP contribution in [0, 0.1) is 16.7 Å². The summed E-state index contributed by atoms with van der Waals surface area (Å²) in [5, 5.41) is 0. The molecule has 78 valence electrons. The Kier molecular flexibility index (Phi) is 1.42. The summed E-state index contributed by atoms with van der Waals surface area (Å²) in [5.74, 6) is 0.807. The van der Waals surface area contributed by atoms with E-state index in [-0.39, 0.29) is 11.0 Å². The van der Waals surface area contributed by atoms with Crippen molar-refractivity contribution in [3.05, 3.63) is 0 Å². The maximum absolute atomic E-state index is 10.8. The molecule has 0 aromatic carbocycles. The van der Waals surface area contributed by atoms with Crippen molar-refractivity contribution in [2.45, 2.75) is 45.1 Å². The van der Waals surface area contributed by atoms with Gasteiger partial charge in [0.05, 0.1) is 12.2 Å². The Hall–Kier alpha value is -0.370. The highest BCUT2D eigenvalue weighted by Gasteiger charge is 2.75. The van der Waals surface area contributed by atoms with Crippen LogP contribution in [-0.4, -0.2) is 18.5 Å². The van der Waals surface area contributed by atoms with Crippen molar-refractivity contribution in [1.82, 2.24) is 0 Å². The van der Waals surface area contributed by atoms with Crippen molar-refractivity contribution in [2.75, 3.05) is 6.61 Å². The van der Waals surface area contributed by atoms with E-state index in [4.69, 9.17) is 4.74 Å². The first-order valence-corrected chi connectivity index (χ1v) is 5.66. The number of aldehydes is 1. The van der Waals surface area contributed by atoms with E-state index in [0.717, 1.165) is 25.2 Å². The molecule has 2 saturated carbocycles. The highest BCUT2D eigenvalue weighted by Crippen LogP contribution is 2.75. The zero-order chi connectivity index (χ0) is 10.0. The third-order valence-corrected chi connectivity index (χ3v) is 5.80. The van der Waals surface area contributed by atoms with E-state index in [1.54, 1.807) is 0 Å². The fourth-order valence-corrected chi connectivity index (χ4v) is 4.50. The molecule has 0 radical (unpaired) electrons. The Morgan fingerprint density at radius 3 is 2.86 bits per heavy atom.